The van der Waals surface area contributed by atoms with Gasteiger partial charge in [-0.05, 0) is 25.5 Å². The van der Waals surface area contributed by atoms with Crippen LogP contribution in [-0.2, 0) is 4.79 Å². The number of hydrogen-bond acceptors (Lipinski definition) is 4. The Morgan fingerprint density at radius 3 is 3.00 bits per heavy atom. The van der Waals surface area contributed by atoms with Crippen LogP contribution in [0.2, 0.25) is 0 Å². The van der Waals surface area contributed by atoms with Gasteiger partial charge in [0.05, 0.1) is 6.61 Å². The van der Waals surface area contributed by atoms with Crippen LogP contribution in [-0.4, -0.2) is 30.6 Å². The fourth-order valence-electron chi connectivity index (χ4n) is 1.43. The lowest BCUT2D eigenvalue weighted by molar-refractivity contribution is -0.120. The van der Waals surface area contributed by atoms with E-state index in [9.17, 15) is 4.79 Å². The molecular weight excluding hydrogens is 230 g/mol. The van der Waals surface area contributed by atoms with Crippen molar-refractivity contribution in [3.63, 3.8) is 0 Å². The SMILES string of the molecule is CCCOc1cccnc1NCCC(=O)NCC. The summed E-state index contributed by atoms with van der Waals surface area (Å²) in [5.74, 6) is 1.46. The second-order valence-corrected chi connectivity index (χ2v) is 3.83. The first kappa shape index (κ1) is 14.3. The maximum absolute atomic E-state index is 11.3. The van der Waals surface area contributed by atoms with Gasteiger partial charge in [0.15, 0.2) is 11.6 Å². The van der Waals surface area contributed by atoms with E-state index in [1.807, 2.05) is 19.1 Å². The molecular formula is C13H21N3O2. The molecule has 0 aliphatic carbocycles. The predicted molar refractivity (Wildman–Crippen MR) is 71.8 cm³/mol. The van der Waals surface area contributed by atoms with Gasteiger partial charge in [0.2, 0.25) is 5.91 Å². The molecule has 1 rings (SSSR count). The summed E-state index contributed by atoms with van der Waals surface area (Å²) in [4.78, 5) is 15.5. The van der Waals surface area contributed by atoms with E-state index in [-0.39, 0.29) is 5.91 Å². The molecule has 1 aromatic rings. The fourth-order valence-corrected chi connectivity index (χ4v) is 1.43. The smallest absolute Gasteiger partial charge is 0.221 e. The zero-order valence-electron chi connectivity index (χ0n) is 11.0. The van der Waals surface area contributed by atoms with Crippen LogP contribution in [0.5, 0.6) is 5.75 Å². The minimum Gasteiger partial charge on any atom is -0.490 e. The first-order chi connectivity index (χ1) is 8.77. The van der Waals surface area contributed by atoms with E-state index in [1.54, 1.807) is 6.20 Å². The van der Waals surface area contributed by atoms with Crippen molar-refractivity contribution in [1.29, 1.82) is 0 Å². The van der Waals surface area contributed by atoms with Gasteiger partial charge in [-0.2, -0.15) is 0 Å². The number of nitrogens with one attached hydrogen (secondary N) is 2. The Bertz CT molecular complexity index is 369. The average molecular weight is 251 g/mol. The number of anilines is 1. The molecule has 1 amide bonds. The number of aromatic nitrogens is 1. The van der Waals surface area contributed by atoms with Crippen molar-refractivity contribution in [3.05, 3.63) is 18.3 Å². The zero-order chi connectivity index (χ0) is 13.2. The van der Waals surface area contributed by atoms with E-state index >= 15 is 0 Å². The molecule has 0 radical (unpaired) electrons. The number of ether oxygens (including phenoxy) is 1. The van der Waals surface area contributed by atoms with E-state index in [2.05, 4.69) is 22.5 Å². The summed E-state index contributed by atoms with van der Waals surface area (Å²) in [6, 6.07) is 3.71. The summed E-state index contributed by atoms with van der Waals surface area (Å²) in [5.41, 5.74) is 0. The van der Waals surface area contributed by atoms with E-state index in [0.717, 1.165) is 12.2 Å². The number of carbonyl (C=O) groups excluding carboxylic acids is 1. The molecule has 2 N–H and O–H groups in total. The molecule has 0 aliphatic rings. The quantitative estimate of drug-likeness (QED) is 0.739. The third-order valence-electron chi connectivity index (χ3n) is 2.25. The minimum atomic E-state index is 0.0388. The Balaban J connectivity index is 2.43. The molecule has 0 unspecified atom stereocenters. The summed E-state index contributed by atoms with van der Waals surface area (Å²) < 4.78 is 5.57. The summed E-state index contributed by atoms with van der Waals surface area (Å²) in [5, 5.41) is 5.86. The summed E-state index contributed by atoms with van der Waals surface area (Å²) >= 11 is 0. The second-order valence-electron chi connectivity index (χ2n) is 3.83. The topological polar surface area (TPSA) is 63.2 Å². The van der Waals surface area contributed by atoms with E-state index in [0.29, 0.717) is 31.9 Å². The highest BCUT2D eigenvalue weighted by molar-refractivity contribution is 5.76. The first-order valence-electron chi connectivity index (χ1n) is 6.36. The van der Waals surface area contributed by atoms with Crippen molar-refractivity contribution in [2.24, 2.45) is 0 Å². The highest BCUT2D eigenvalue weighted by atomic mass is 16.5. The molecule has 5 heteroatoms. The fraction of sp³-hybridized carbons (Fsp3) is 0.538. The van der Waals surface area contributed by atoms with Crippen LogP contribution in [0.1, 0.15) is 26.7 Å². The molecule has 0 aromatic carbocycles. The zero-order valence-corrected chi connectivity index (χ0v) is 11.0. The molecule has 0 bridgehead atoms. The highest BCUT2D eigenvalue weighted by Crippen LogP contribution is 2.20. The van der Waals surface area contributed by atoms with Gasteiger partial charge >= 0.3 is 0 Å². The van der Waals surface area contributed by atoms with Crippen LogP contribution in [0, 0.1) is 0 Å². The molecule has 5 nitrogen and oxygen atoms in total. The molecule has 0 fully saturated rings. The van der Waals surface area contributed by atoms with Crippen LogP contribution in [0.15, 0.2) is 18.3 Å². The van der Waals surface area contributed by atoms with E-state index in [4.69, 9.17) is 4.74 Å². The molecule has 100 valence electrons. The van der Waals surface area contributed by atoms with Crippen molar-refractivity contribution in [2.45, 2.75) is 26.7 Å². The number of hydrogen-bond donors (Lipinski definition) is 2. The van der Waals surface area contributed by atoms with Crippen molar-refractivity contribution in [2.75, 3.05) is 25.0 Å². The molecule has 0 saturated carbocycles. The van der Waals surface area contributed by atoms with Gasteiger partial charge in [0.1, 0.15) is 0 Å². The normalized spacial score (nSPS) is 9.89. The van der Waals surface area contributed by atoms with Gasteiger partial charge in [-0.1, -0.05) is 6.92 Å². The van der Waals surface area contributed by atoms with Gasteiger partial charge in [-0.3, -0.25) is 4.79 Å². The molecule has 1 aromatic heterocycles. The Morgan fingerprint density at radius 2 is 2.28 bits per heavy atom. The van der Waals surface area contributed by atoms with Gasteiger partial charge in [0.25, 0.3) is 0 Å². The van der Waals surface area contributed by atoms with Gasteiger partial charge in [0, 0.05) is 25.7 Å². The third kappa shape index (κ3) is 5.03. The largest absolute Gasteiger partial charge is 0.490 e. The number of carbonyl (C=O) groups is 1. The number of nitrogens with zero attached hydrogens (tertiary/aromatic N) is 1. The van der Waals surface area contributed by atoms with Crippen molar-refractivity contribution in [1.82, 2.24) is 10.3 Å². The van der Waals surface area contributed by atoms with Gasteiger partial charge in [-0.25, -0.2) is 4.98 Å². The van der Waals surface area contributed by atoms with Crippen molar-refractivity contribution in [3.8, 4) is 5.75 Å². The average Bonchev–Trinajstić information content (AvgIpc) is 2.38. The molecule has 18 heavy (non-hydrogen) atoms. The lowest BCUT2D eigenvalue weighted by Gasteiger charge is -2.11. The molecule has 0 atom stereocenters. The highest BCUT2D eigenvalue weighted by Gasteiger charge is 2.04. The van der Waals surface area contributed by atoms with E-state index < -0.39 is 0 Å². The Hall–Kier alpha value is -1.78. The van der Waals surface area contributed by atoms with Crippen LogP contribution in [0.3, 0.4) is 0 Å². The Labute approximate surface area is 108 Å². The van der Waals surface area contributed by atoms with Gasteiger partial charge < -0.3 is 15.4 Å². The molecule has 0 saturated heterocycles. The van der Waals surface area contributed by atoms with Crippen LogP contribution in [0.4, 0.5) is 5.82 Å². The number of pyridine rings is 1. The lowest BCUT2D eigenvalue weighted by Crippen LogP contribution is -2.24. The first-order valence-corrected chi connectivity index (χ1v) is 6.36. The number of amides is 1. The summed E-state index contributed by atoms with van der Waals surface area (Å²) in [7, 11) is 0. The molecule has 0 aliphatic heterocycles. The van der Waals surface area contributed by atoms with Crippen LogP contribution >= 0.6 is 0 Å². The molecule has 1 heterocycles. The summed E-state index contributed by atoms with van der Waals surface area (Å²) in [6.07, 6.45) is 3.08. The van der Waals surface area contributed by atoms with Gasteiger partial charge in [-0.15, -0.1) is 0 Å². The maximum Gasteiger partial charge on any atom is 0.221 e. The predicted octanol–water partition coefficient (Wildman–Crippen LogP) is 1.81. The monoisotopic (exact) mass is 251 g/mol. The standard InChI is InChI=1S/C13H21N3O2/c1-3-10-18-11-6-5-8-15-13(11)16-9-7-12(17)14-4-2/h5-6,8H,3-4,7,9-10H2,1-2H3,(H,14,17)(H,15,16). The van der Waals surface area contributed by atoms with E-state index in [1.165, 1.54) is 0 Å². The summed E-state index contributed by atoms with van der Waals surface area (Å²) in [6.45, 7) is 5.83. The van der Waals surface area contributed by atoms with Crippen molar-refractivity contribution >= 4 is 11.7 Å². The minimum absolute atomic E-state index is 0.0388. The Morgan fingerprint density at radius 1 is 1.44 bits per heavy atom. The maximum atomic E-state index is 11.3. The third-order valence-corrected chi connectivity index (χ3v) is 2.25. The van der Waals surface area contributed by atoms with Crippen LogP contribution < -0.4 is 15.4 Å². The second kappa shape index (κ2) is 8.33. The lowest BCUT2D eigenvalue weighted by atomic mass is 10.3. The van der Waals surface area contributed by atoms with Crippen molar-refractivity contribution < 1.29 is 9.53 Å². The Kier molecular flexibility index (Phi) is 6.61. The van der Waals surface area contributed by atoms with Crippen LogP contribution in [0.25, 0.3) is 0 Å². The number of rotatable bonds is 8. The molecule has 0 spiro atoms.